The van der Waals surface area contributed by atoms with Gasteiger partial charge < -0.3 is 10.4 Å². The lowest BCUT2D eigenvalue weighted by atomic mass is 9.97. The summed E-state index contributed by atoms with van der Waals surface area (Å²) in [4.78, 5) is 23.1. The Bertz CT molecular complexity index is 761. The highest BCUT2D eigenvalue weighted by molar-refractivity contribution is 5.94. The van der Waals surface area contributed by atoms with Gasteiger partial charge in [0.15, 0.2) is 0 Å². The van der Waals surface area contributed by atoms with Crippen molar-refractivity contribution in [3.63, 3.8) is 0 Å². The third kappa shape index (κ3) is 5.45. The number of carboxylic acid groups (broad SMARTS) is 1. The SMILES string of the molecule is Cc1cc(C)n(Cc2ccc(C(=O)NC(C)(C)CCC(=O)O)cc2)n1. The molecular weight excluding hydrogens is 318 g/mol. The Morgan fingerprint density at radius 3 is 2.36 bits per heavy atom. The number of nitrogens with one attached hydrogen (secondary N) is 1. The van der Waals surface area contributed by atoms with E-state index in [2.05, 4.69) is 10.4 Å². The van der Waals surface area contributed by atoms with Crippen molar-refractivity contribution in [1.29, 1.82) is 0 Å². The van der Waals surface area contributed by atoms with Gasteiger partial charge in [0.1, 0.15) is 0 Å². The predicted molar refractivity (Wildman–Crippen MR) is 95.7 cm³/mol. The molecule has 6 nitrogen and oxygen atoms in total. The van der Waals surface area contributed by atoms with E-state index in [0.29, 0.717) is 18.5 Å². The van der Waals surface area contributed by atoms with Crippen LogP contribution in [0, 0.1) is 13.8 Å². The Labute approximate surface area is 147 Å². The average Bonchev–Trinajstić information content (AvgIpc) is 2.83. The van der Waals surface area contributed by atoms with Crippen LogP contribution in [0.5, 0.6) is 0 Å². The highest BCUT2D eigenvalue weighted by Gasteiger charge is 2.22. The quantitative estimate of drug-likeness (QED) is 0.809. The summed E-state index contributed by atoms with van der Waals surface area (Å²) in [5.41, 5.74) is 3.13. The zero-order valence-electron chi connectivity index (χ0n) is 15.2. The van der Waals surface area contributed by atoms with Crippen LogP contribution in [0.25, 0.3) is 0 Å². The maximum absolute atomic E-state index is 12.4. The minimum absolute atomic E-state index is 0.0227. The van der Waals surface area contributed by atoms with Crippen LogP contribution in [0.4, 0.5) is 0 Å². The minimum Gasteiger partial charge on any atom is -0.481 e. The third-order valence-electron chi connectivity index (χ3n) is 4.07. The molecule has 1 amide bonds. The van der Waals surface area contributed by atoms with Crippen LogP contribution in [0.2, 0.25) is 0 Å². The number of carboxylic acids is 1. The fourth-order valence-electron chi connectivity index (χ4n) is 2.63. The molecule has 25 heavy (non-hydrogen) atoms. The second-order valence-corrected chi connectivity index (χ2v) is 7.01. The number of hydrogen-bond donors (Lipinski definition) is 2. The van der Waals surface area contributed by atoms with Gasteiger partial charge in [0, 0.05) is 23.2 Å². The fraction of sp³-hybridized carbons (Fsp3) is 0.421. The molecule has 1 aromatic carbocycles. The Morgan fingerprint density at radius 1 is 1.20 bits per heavy atom. The summed E-state index contributed by atoms with van der Waals surface area (Å²) < 4.78 is 1.93. The highest BCUT2D eigenvalue weighted by Crippen LogP contribution is 2.14. The van der Waals surface area contributed by atoms with Crippen LogP contribution in [-0.4, -0.2) is 32.3 Å². The van der Waals surface area contributed by atoms with Crippen molar-refractivity contribution < 1.29 is 14.7 Å². The lowest BCUT2D eigenvalue weighted by Crippen LogP contribution is -2.43. The van der Waals surface area contributed by atoms with E-state index in [1.54, 1.807) is 12.1 Å². The van der Waals surface area contributed by atoms with E-state index in [4.69, 9.17) is 5.11 Å². The van der Waals surface area contributed by atoms with Crippen molar-refractivity contribution in [2.24, 2.45) is 0 Å². The third-order valence-corrected chi connectivity index (χ3v) is 4.07. The summed E-state index contributed by atoms with van der Waals surface area (Å²) in [5.74, 6) is -1.07. The van der Waals surface area contributed by atoms with Gasteiger partial charge in [-0.25, -0.2) is 0 Å². The number of nitrogens with zero attached hydrogens (tertiary/aromatic N) is 2. The summed E-state index contributed by atoms with van der Waals surface area (Å²) in [6.07, 6.45) is 0.402. The first-order valence-corrected chi connectivity index (χ1v) is 8.30. The molecule has 0 aliphatic carbocycles. The molecule has 2 N–H and O–H groups in total. The Kier molecular flexibility index (Phi) is 5.62. The van der Waals surface area contributed by atoms with Gasteiger partial charge in [0.25, 0.3) is 5.91 Å². The van der Waals surface area contributed by atoms with E-state index in [1.165, 1.54) is 0 Å². The number of hydrogen-bond acceptors (Lipinski definition) is 3. The molecule has 0 bridgehead atoms. The van der Waals surface area contributed by atoms with Gasteiger partial charge in [-0.2, -0.15) is 5.10 Å². The molecule has 0 saturated carbocycles. The van der Waals surface area contributed by atoms with Crippen molar-refractivity contribution in [2.75, 3.05) is 0 Å². The zero-order chi connectivity index (χ0) is 18.6. The number of aromatic nitrogens is 2. The molecule has 0 aliphatic heterocycles. The van der Waals surface area contributed by atoms with E-state index < -0.39 is 11.5 Å². The van der Waals surface area contributed by atoms with Gasteiger partial charge in [0.2, 0.25) is 0 Å². The molecule has 0 saturated heterocycles. The summed E-state index contributed by atoms with van der Waals surface area (Å²) in [6.45, 7) is 8.28. The lowest BCUT2D eigenvalue weighted by molar-refractivity contribution is -0.137. The van der Waals surface area contributed by atoms with Gasteiger partial charge in [-0.1, -0.05) is 12.1 Å². The molecule has 0 atom stereocenters. The number of aliphatic carboxylic acids is 1. The topological polar surface area (TPSA) is 84.2 Å². The normalized spacial score (nSPS) is 11.4. The first-order chi connectivity index (χ1) is 11.7. The van der Waals surface area contributed by atoms with Crippen LogP contribution < -0.4 is 5.32 Å². The molecule has 0 fully saturated rings. The second kappa shape index (κ2) is 7.51. The van der Waals surface area contributed by atoms with Gasteiger partial charge >= 0.3 is 5.97 Å². The van der Waals surface area contributed by atoms with Crippen LogP contribution in [0.3, 0.4) is 0 Å². The van der Waals surface area contributed by atoms with E-state index in [-0.39, 0.29) is 12.3 Å². The van der Waals surface area contributed by atoms with Crippen LogP contribution in [0.15, 0.2) is 30.3 Å². The predicted octanol–water partition coefficient (Wildman–Crippen LogP) is 2.92. The molecular formula is C19H25N3O3. The molecule has 2 aromatic rings. The van der Waals surface area contributed by atoms with Gasteiger partial charge in [-0.05, 0) is 57.9 Å². The summed E-state index contributed by atoms with van der Waals surface area (Å²) in [7, 11) is 0. The van der Waals surface area contributed by atoms with Crippen molar-refractivity contribution in [1.82, 2.24) is 15.1 Å². The summed E-state index contributed by atoms with van der Waals surface area (Å²) in [6, 6.07) is 9.42. The smallest absolute Gasteiger partial charge is 0.303 e. The Morgan fingerprint density at radius 2 is 1.84 bits per heavy atom. The number of carbonyl (C=O) groups excluding carboxylic acids is 1. The maximum atomic E-state index is 12.4. The standard InChI is InChI=1S/C19H25N3O3/c1-13-11-14(2)22(21-13)12-15-5-7-16(8-6-15)18(25)20-19(3,4)10-9-17(23)24/h5-8,11H,9-10,12H2,1-4H3,(H,20,25)(H,23,24). The monoisotopic (exact) mass is 343 g/mol. The molecule has 0 radical (unpaired) electrons. The van der Waals surface area contributed by atoms with Crippen molar-refractivity contribution in [2.45, 2.75) is 52.6 Å². The van der Waals surface area contributed by atoms with Crippen molar-refractivity contribution in [3.05, 3.63) is 52.8 Å². The van der Waals surface area contributed by atoms with E-state index in [0.717, 1.165) is 17.0 Å². The molecule has 1 aromatic heterocycles. The Hall–Kier alpha value is -2.63. The summed E-state index contributed by atoms with van der Waals surface area (Å²) in [5, 5.41) is 16.1. The van der Waals surface area contributed by atoms with E-state index in [9.17, 15) is 9.59 Å². The van der Waals surface area contributed by atoms with Gasteiger partial charge in [0.05, 0.1) is 12.2 Å². The first kappa shape index (κ1) is 18.7. The molecule has 1 heterocycles. The van der Waals surface area contributed by atoms with Crippen LogP contribution in [0.1, 0.15) is 54.0 Å². The zero-order valence-corrected chi connectivity index (χ0v) is 15.2. The van der Waals surface area contributed by atoms with Crippen LogP contribution in [-0.2, 0) is 11.3 Å². The summed E-state index contributed by atoms with van der Waals surface area (Å²) >= 11 is 0. The number of aryl methyl sites for hydroxylation is 2. The second-order valence-electron chi connectivity index (χ2n) is 7.01. The number of amides is 1. The van der Waals surface area contributed by atoms with Gasteiger partial charge in [-0.15, -0.1) is 0 Å². The maximum Gasteiger partial charge on any atom is 0.303 e. The fourth-order valence-corrected chi connectivity index (χ4v) is 2.63. The number of carbonyl (C=O) groups is 2. The molecule has 0 unspecified atom stereocenters. The minimum atomic E-state index is -0.865. The number of rotatable bonds is 7. The van der Waals surface area contributed by atoms with Crippen LogP contribution >= 0.6 is 0 Å². The van der Waals surface area contributed by atoms with Gasteiger partial charge in [-0.3, -0.25) is 14.3 Å². The molecule has 0 spiro atoms. The first-order valence-electron chi connectivity index (χ1n) is 8.30. The lowest BCUT2D eigenvalue weighted by Gasteiger charge is -2.25. The molecule has 6 heteroatoms. The van der Waals surface area contributed by atoms with E-state index in [1.807, 2.05) is 50.6 Å². The van der Waals surface area contributed by atoms with E-state index >= 15 is 0 Å². The molecule has 0 aliphatic rings. The largest absolute Gasteiger partial charge is 0.481 e. The number of benzene rings is 1. The average molecular weight is 343 g/mol. The molecule has 2 rings (SSSR count). The van der Waals surface area contributed by atoms with Crippen molar-refractivity contribution in [3.8, 4) is 0 Å². The Balaban J connectivity index is 2.00. The molecule has 134 valence electrons. The highest BCUT2D eigenvalue weighted by atomic mass is 16.4. The van der Waals surface area contributed by atoms with Crippen molar-refractivity contribution >= 4 is 11.9 Å².